The van der Waals surface area contributed by atoms with Crippen LogP contribution in [-0.4, -0.2) is 47.4 Å². The Morgan fingerprint density at radius 3 is 2.32 bits per heavy atom. The van der Waals surface area contributed by atoms with Gasteiger partial charge in [-0.05, 0) is 35.9 Å². The molecule has 0 aromatic heterocycles. The molecule has 3 aromatic rings. The lowest BCUT2D eigenvalue weighted by molar-refractivity contribution is -0.137. The normalized spacial score (nSPS) is 11.6. The van der Waals surface area contributed by atoms with Gasteiger partial charge in [0.1, 0.15) is 6.54 Å². The smallest absolute Gasteiger partial charge is 0.416 e. The fourth-order valence-electron chi connectivity index (χ4n) is 3.47. The predicted octanol–water partition coefficient (Wildman–Crippen LogP) is 4.97. The lowest BCUT2D eigenvalue weighted by Gasteiger charge is -2.25. The van der Waals surface area contributed by atoms with Gasteiger partial charge in [0.2, 0.25) is 5.91 Å². The molecule has 1 N–H and O–H groups in total. The van der Waals surface area contributed by atoms with Crippen molar-refractivity contribution in [1.29, 1.82) is 0 Å². The maximum atomic E-state index is 13.6. The van der Waals surface area contributed by atoms with E-state index in [4.69, 9.17) is 9.47 Å². The molecule has 0 atom stereocenters. The van der Waals surface area contributed by atoms with Crippen LogP contribution in [0.2, 0.25) is 0 Å². The van der Waals surface area contributed by atoms with Crippen molar-refractivity contribution in [3.05, 3.63) is 83.9 Å². The van der Waals surface area contributed by atoms with Crippen molar-refractivity contribution in [1.82, 2.24) is 5.32 Å². The van der Waals surface area contributed by atoms with Crippen molar-refractivity contribution >= 4 is 33.4 Å². The van der Waals surface area contributed by atoms with Gasteiger partial charge in [-0.2, -0.15) is 24.9 Å². The number of amides is 1. The molecule has 0 unspecified atom stereocenters. The van der Waals surface area contributed by atoms with Crippen LogP contribution in [0.4, 0.5) is 18.9 Å². The van der Waals surface area contributed by atoms with Gasteiger partial charge in [-0.1, -0.05) is 36.4 Å². The zero-order valence-corrected chi connectivity index (χ0v) is 22.3. The number of halogens is 3. The number of ether oxygens (including phenoxy) is 2. The van der Waals surface area contributed by atoms with E-state index in [1.165, 1.54) is 38.5 Å². The lowest BCUT2D eigenvalue weighted by atomic mass is 10.2. The molecule has 0 aliphatic rings. The second-order valence-corrected chi connectivity index (χ2v) is 10.9. The number of nitrogens with zero attached hydrogens (tertiary/aromatic N) is 1. The lowest BCUT2D eigenvalue weighted by Crippen LogP contribution is -2.41. The topological polar surface area (TPSA) is 84.9 Å². The van der Waals surface area contributed by atoms with E-state index in [2.05, 4.69) is 5.32 Å². The molecule has 7 nitrogen and oxygen atoms in total. The largest absolute Gasteiger partial charge is 0.493 e. The van der Waals surface area contributed by atoms with E-state index in [0.717, 1.165) is 23.4 Å². The first-order valence-electron chi connectivity index (χ1n) is 11.4. The van der Waals surface area contributed by atoms with Crippen molar-refractivity contribution in [2.75, 3.05) is 37.4 Å². The van der Waals surface area contributed by atoms with E-state index in [1.807, 2.05) is 30.3 Å². The second kappa shape index (κ2) is 12.9. The van der Waals surface area contributed by atoms with Crippen LogP contribution in [-0.2, 0) is 26.7 Å². The molecule has 0 spiro atoms. The summed E-state index contributed by atoms with van der Waals surface area (Å²) >= 11 is 1.58. The maximum Gasteiger partial charge on any atom is 0.416 e. The number of thioether (sulfide) groups is 1. The fraction of sp³-hybridized carbons (Fsp3) is 0.269. The summed E-state index contributed by atoms with van der Waals surface area (Å²) in [6, 6.07) is 17.3. The summed E-state index contributed by atoms with van der Waals surface area (Å²) in [6.45, 7) is -0.468. The monoisotopic (exact) mass is 568 g/mol. The fourth-order valence-corrected chi connectivity index (χ4v) is 5.72. The van der Waals surface area contributed by atoms with Crippen LogP contribution < -0.4 is 19.1 Å². The van der Waals surface area contributed by atoms with E-state index in [1.54, 1.807) is 11.8 Å². The zero-order chi connectivity index (χ0) is 27.8. The molecule has 38 heavy (non-hydrogen) atoms. The third-order valence-electron chi connectivity index (χ3n) is 5.37. The molecule has 0 aliphatic heterocycles. The number of rotatable bonds is 12. The van der Waals surface area contributed by atoms with Crippen molar-refractivity contribution in [3.63, 3.8) is 0 Å². The number of nitrogens with one attached hydrogen (secondary N) is 1. The summed E-state index contributed by atoms with van der Waals surface area (Å²) in [5, 5.41) is 2.65. The Morgan fingerprint density at radius 2 is 1.66 bits per heavy atom. The van der Waals surface area contributed by atoms with E-state index >= 15 is 0 Å². The Bertz CT molecular complexity index is 1340. The first-order valence-corrected chi connectivity index (χ1v) is 14.0. The predicted molar refractivity (Wildman–Crippen MR) is 141 cm³/mol. The first-order chi connectivity index (χ1) is 18.1. The molecule has 12 heteroatoms. The van der Waals surface area contributed by atoms with Crippen LogP contribution in [0.5, 0.6) is 11.5 Å². The summed E-state index contributed by atoms with van der Waals surface area (Å²) in [5.74, 6) is 1.01. The van der Waals surface area contributed by atoms with Gasteiger partial charge >= 0.3 is 6.18 Å². The van der Waals surface area contributed by atoms with Crippen LogP contribution in [0.15, 0.2) is 77.7 Å². The van der Waals surface area contributed by atoms with Gasteiger partial charge in [-0.3, -0.25) is 9.10 Å². The Kier molecular flexibility index (Phi) is 9.92. The molecule has 0 radical (unpaired) electrons. The van der Waals surface area contributed by atoms with Gasteiger partial charge in [0.25, 0.3) is 10.0 Å². The molecule has 0 heterocycles. The average molecular weight is 569 g/mol. The van der Waals surface area contributed by atoms with E-state index < -0.39 is 34.2 Å². The van der Waals surface area contributed by atoms with Gasteiger partial charge in [0.15, 0.2) is 11.5 Å². The summed E-state index contributed by atoms with van der Waals surface area (Å²) < 4.78 is 78.3. The van der Waals surface area contributed by atoms with Crippen LogP contribution in [0.3, 0.4) is 0 Å². The number of methoxy groups -OCH3 is 2. The minimum absolute atomic E-state index is 0.109. The number of benzene rings is 3. The summed E-state index contributed by atoms with van der Waals surface area (Å²) in [4.78, 5) is 12.5. The van der Waals surface area contributed by atoms with Crippen molar-refractivity contribution in [2.45, 2.75) is 16.8 Å². The van der Waals surface area contributed by atoms with Gasteiger partial charge in [0.05, 0.1) is 30.4 Å². The van der Waals surface area contributed by atoms with Crippen molar-refractivity contribution in [2.24, 2.45) is 0 Å². The Labute approximate surface area is 224 Å². The highest BCUT2D eigenvalue weighted by molar-refractivity contribution is 7.98. The average Bonchev–Trinajstić information content (AvgIpc) is 2.91. The quantitative estimate of drug-likeness (QED) is 0.311. The number of hydrogen-bond acceptors (Lipinski definition) is 6. The first kappa shape index (κ1) is 29.2. The molecular formula is C26H27F3N2O5S2. The standard InChI is InChI=1S/C26H27F3N2O5S2/c1-35-23-12-11-22(16-24(23)36-2)38(33,34)31(21-10-6-9-20(15-21)26(27,28)29)17-25(32)30-13-14-37-18-19-7-4-3-5-8-19/h3-12,15-16H,13-14,17-18H2,1-2H3,(H,30,32). The van der Waals surface area contributed by atoms with Crippen LogP contribution >= 0.6 is 11.8 Å². The van der Waals surface area contributed by atoms with Crippen molar-refractivity contribution < 1.29 is 35.9 Å². The SMILES string of the molecule is COc1ccc(S(=O)(=O)N(CC(=O)NCCSCc2ccccc2)c2cccc(C(F)(F)F)c2)cc1OC. The molecule has 0 saturated carbocycles. The third kappa shape index (κ3) is 7.57. The Hall–Kier alpha value is -3.38. The molecule has 0 fully saturated rings. The molecule has 0 bridgehead atoms. The second-order valence-electron chi connectivity index (χ2n) is 7.96. The Morgan fingerprint density at radius 1 is 0.947 bits per heavy atom. The highest BCUT2D eigenvalue weighted by Crippen LogP contribution is 2.35. The van der Waals surface area contributed by atoms with Gasteiger partial charge in [-0.15, -0.1) is 0 Å². The molecular weight excluding hydrogens is 541 g/mol. The maximum absolute atomic E-state index is 13.6. The van der Waals surface area contributed by atoms with E-state index in [9.17, 15) is 26.4 Å². The molecule has 0 saturated heterocycles. The third-order valence-corrected chi connectivity index (χ3v) is 8.17. The highest BCUT2D eigenvalue weighted by Gasteiger charge is 2.33. The molecule has 204 valence electrons. The minimum Gasteiger partial charge on any atom is -0.493 e. The molecule has 1 amide bonds. The van der Waals surface area contributed by atoms with Gasteiger partial charge in [-0.25, -0.2) is 8.42 Å². The minimum atomic E-state index is -4.70. The number of hydrogen-bond donors (Lipinski definition) is 1. The summed E-state index contributed by atoms with van der Waals surface area (Å²) in [6.07, 6.45) is -4.70. The van der Waals surface area contributed by atoms with Gasteiger partial charge in [0, 0.05) is 24.1 Å². The number of carbonyl (C=O) groups is 1. The van der Waals surface area contributed by atoms with Gasteiger partial charge < -0.3 is 14.8 Å². The molecule has 3 aromatic carbocycles. The number of anilines is 1. The summed E-state index contributed by atoms with van der Waals surface area (Å²) in [5.41, 5.74) is -0.219. The van der Waals surface area contributed by atoms with Crippen LogP contribution in [0.1, 0.15) is 11.1 Å². The number of alkyl halides is 3. The van der Waals surface area contributed by atoms with Crippen LogP contribution in [0.25, 0.3) is 0 Å². The number of carbonyl (C=O) groups excluding carboxylic acids is 1. The van der Waals surface area contributed by atoms with E-state index in [-0.39, 0.29) is 28.6 Å². The Balaban J connectivity index is 1.81. The van der Waals surface area contributed by atoms with E-state index in [0.29, 0.717) is 16.1 Å². The zero-order valence-electron chi connectivity index (χ0n) is 20.7. The molecule has 3 rings (SSSR count). The van der Waals surface area contributed by atoms with Crippen molar-refractivity contribution in [3.8, 4) is 11.5 Å². The summed E-state index contributed by atoms with van der Waals surface area (Å²) in [7, 11) is -1.78. The number of sulfonamides is 1. The molecule has 0 aliphatic carbocycles. The van der Waals surface area contributed by atoms with Crippen LogP contribution in [0, 0.1) is 0 Å². The highest BCUT2D eigenvalue weighted by atomic mass is 32.2.